The lowest BCUT2D eigenvalue weighted by Crippen LogP contribution is -2.34. The number of likely N-dealkylation sites (N-methyl/N-ethyl adjacent to an activating group) is 1. The summed E-state index contributed by atoms with van der Waals surface area (Å²) in [6.07, 6.45) is -0.837. The van der Waals surface area contributed by atoms with Gasteiger partial charge < -0.3 is 14.4 Å². The van der Waals surface area contributed by atoms with Gasteiger partial charge in [-0.15, -0.1) is 0 Å². The van der Waals surface area contributed by atoms with E-state index < -0.39 is 12.1 Å². The third-order valence-electron chi connectivity index (χ3n) is 3.12. The summed E-state index contributed by atoms with van der Waals surface area (Å²) < 4.78 is 10.9. The minimum atomic E-state index is -0.837. The van der Waals surface area contributed by atoms with Crippen molar-refractivity contribution in [3.05, 3.63) is 60.2 Å². The molecule has 2 aromatic carbocycles. The lowest BCUT2D eigenvalue weighted by molar-refractivity contribution is -0.137. The molecule has 5 heteroatoms. The van der Waals surface area contributed by atoms with E-state index in [9.17, 15) is 9.59 Å². The Bertz CT molecular complexity index is 682. The smallest absolute Gasteiger partial charge is 0.339 e. The molecule has 0 saturated heterocycles. The Hall–Kier alpha value is -2.82. The molecule has 0 radical (unpaired) electrons. The molecule has 0 fully saturated rings. The summed E-state index contributed by atoms with van der Waals surface area (Å²) in [5, 5.41) is 0. The lowest BCUT2D eigenvalue weighted by atomic mass is 10.2. The van der Waals surface area contributed by atoms with E-state index in [1.165, 1.54) is 4.90 Å². The van der Waals surface area contributed by atoms with E-state index in [1.807, 2.05) is 30.3 Å². The fourth-order valence-corrected chi connectivity index (χ4v) is 1.95. The van der Waals surface area contributed by atoms with Crippen molar-refractivity contribution in [3.8, 4) is 11.5 Å². The normalized spacial score (nSPS) is 11.4. The van der Waals surface area contributed by atoms with E-state index in [4.69, 9.17) is 9.47 Å². The fourth-order valence-electron chi connectivity index (χ4n) is 1.95. The lowest BCUT2D eigenvalue weighted by Gasteiger charge is -2.17. The van der Waals surface area contributed by atoms with Crippen LogP contribution in [0.5, 0.6) is 11.5 Å². The van der Waals surface area contributed by atoms with Gasteiger partial charge in [0.2, 0.25) is 0 Å². The number of rotatable bonds is 5. The molecule has 1 amide bonds. The molecule has 2 rings (SSSR count). The molecule has 0 spiro atoms. The van der Waals surface area contributed by atoms with Crippen LogP contribution in [0.3, 0.4) is 0 Å². The third-order valence-corrected chi connectivity index (χ3v) is 3.12. The van der Waals surface area contributed by atoms with Gasteiger partial charge in [-0.05, 0) is 37.3 Å². The first kappa shape index (κ1) is 16.5. The zero-order chi connectivity index (χ0) is 16.8. The molecule has 5 nitrogen and oxygen atoms in total. The second-order valence-electron chi connectivity index (χ2n) is 5.22. The number of esters is 1. The molecule has 0 N–H and O–H groups in total. The fraction of sp³-hybridized carbons (Fsp3) is 0.222. The molecule has 23 heavy (non-hydrogen) atoms. The average molecular weight is 313 g/mol. The van der Waals surface area contributed by atoms with Gasteiger partial charge in [0.05, 0.1) is 5.56 Å². The zero-order valence-corrected chi connectivity index (χ0v) is 13.4. The minimum absolute atomic E-state index is 0.268. The standard InChI is InChI=1S/C18H19NO4/c1-13(17(20)19(2)3)22-18(21)14-8-7-11-16(12-14)23-15-9-5-4-6-10-15/h4-13H,1-3H3/t13-/m0/s1. The van der Waals surface area contributed by atoms with Crippen LogP contribution in [0.2, 0.25) is 0 Å². The van der Waals surface area contributed by atoms with E-state index >= 15 is 0 Å². The monoisotopic (exact) mass is 313 g/mol. The Morgan fingerprint density at radius 1 is 0.957 bits per heavy atom. The summed E-state index contributed by atoms with van der Waals surface area (Å²) in [6, 6.07) is 15.9. The minimum Gasteiger partial charge on any atom is -0.457 e. The molecule has 0 aliphatic carbocycles. The van der Waals surface area contributed by atoms with Gasteiger partial charge in [-0.2, -0.15) is 0 Å². The third kappa shape index (κ3) is 4.57. The Labute approximate surface area is 135 Å². The van der Waals surface area contributed by atoms with Gasteiger partial charge >= 0.3 is 5.97 Å². The number of hydrogen-bond acceptors (Lipinski definition) is 4. The second-order valence-corrected chi connectivity index (χ2v) is 5.22. The van der Waals surface area contributed by atoms with Gasteiger partial charge in [-0.3, -0.25) is 4.79 Å². The Morgan fingerprint density at radius 3 is 2.26 bits per heavy atom. The van der Waals surface area contributed by atoms with Crippen LogP contribution in [-0.4, -0.2) is 37.0 Å². The van der Waals surface area contributed by atoms with E-state index in [0.717, 1.165) is 0 Å². The summed E-state index contributed by atoms with van der Waals surface area (Å²) >= 11 is 0. The highest BCUT2D eigenvalue weighted by Gasteiger charge is 2.20. The molecule has 2 aromatic rings. The number of amides is 1. The van der Waals surface area contributed by atoms with Gasteiger partial charge in [0, 0.05) is 14.1 Å². The molecule has 0 aromatic heterocycles. The molecule has 0 unspecified atom stereocenters. The SMILES string of the molecule is C[C@H](OC(=O)c1cccc(Oc2ccccc2)c1)C(=O)N(C)C. The maximum Gasteiger partial charge on any atom is 0.339 e. The molecule has 1 atom stereocenters. The summed E-state index contributed by atoms with van der Waals surface area (Å²) in [5.41, 5.74) is 0.330. The molecule has 0 aliphatic heterocycles. The largest absolute Gasteiger partial charge is 0.457 e. The molecule has 0 aliphatic rings. The average Bonchev–Trinajstić information content (AvgIpc) is 2.55. The number of nitrogens with zero attached hydrogens (tertiary/aromatic N) is 1. The van der Waals surface area contributed by atoms with Crippen molar-refractivity contribution in [1.29, 1.82) is 0 Å². The van der Waals surface area contributed by atoms with Crippen molar-refractivity contribution in [2.24, 2.45) is 0 Å². The van der Waals surface area contributed by atoms with E-state index in [-0.39, 0.29) is 5.91 Å². The molecule has 0 saturated carbocycles. The van der Waals surface area contributed by atoms with Gasteiger partial charge in [0.1, 0.15) is 11.5 Å². The summed E-state index contributed by atoms with van der Waals surface area (Å²) in [7, 11) is 3.22. The van der Waals surface area contributed by atoms with Crippen LogP contribution in [0.4, 0.5) is 0 Å². The number of ether oxygens (including phenoxy) is 2. The number of hydrogen-bond donors (Lipinski definition) is 0. The molecule has 0 bridgehead atoms. The first-order chi connectivity index (χ1) is 11.0. The quantitative estimate of drug-likeness (QED) is 0.796. The van der Waals surface area contributed by atoms with Crippen molar-refractivity contribution < 1.29 is 19.1 Å². The van der Waals surface area contributed by atoms with Crippen molar-refractivity contribution in [3.63, 3.8) is 0 Å². The van der Waals surface area contributed by atoms with Crippen molar-refractivity contribution in [2.75, 3.05) is 14.1 Å². The highest BCUT2D eigenvalue weighted by atomic mass is 16.5. The maximum atomic E-state index is 12.1. The Balaban J connectivity index is 2.07. The van der Waals surface area contributed by atoms with Crippen molar-refractivity contribution >= 4 is 11.9 Å². The molecular weight excluding hydrogens is 294 g/mol. The van der Waals surface area contributed by atoms with Crippen molar-refractivity contribution in [2.45, 2.75) is 13.0 Å². The zero-order valence-electron chi connectivity index (χ0n) is 13.4. The number of para-hydroxylation sites is 1. The van der Waals surface area contributed by atoms with Gasteiger partial charge in [0.15, 0.2) is 6.10 Å². The summed E-state index contributed by atoms with van der Waals surface area (Å²) in [6.45, 7) is 1.55. The first-order valence-corrected chi connectivity index (χ1v) is 7.22. The maximum absolute atomic E-state index is 12.1. The topological polar surface area (TPSA) is 55.8 Å². The number of benzene rings is 2. The highest BCUT2D eigenvalue weighted by Crippen LogP contribution is 2.22. The van der Waals surface area contributed by atoms with Crippen LogP contribution in [0, 0.1) is 0 Å². The van der Waals surface area contributed by atoms with E-state index in [1.54, 1.807) is 45.3 Å². The van der Waals surface area contributed by atoms with E-state index in [0.29, 0.717) is 17.1 Å². The molecule has 120 valence electrons. The Kier molecular flexibility index (Phi) is 5.36. The van der Waals surface area contributed by atoms with Gasteiger partial charge in [-0.25, -0.2) is 4.79 Å². The van der Waals surface area contributed by atoms with Gasteiger partial charge in [0.25, 0.3) is 5.91 Å². The summed E-state index contributed by atoms with van der Waals surface area (Å²) in [4.78, 5) is 25.3. The van der Waals surface area contributed by atoms with Crippen LogP contribution in [-0.2, 0) is 9.53 Å². The molecular formula is C18H19NO4. The van der Waals surface area contributed by atoms with E-state index in [2.05, 4.69) is 0 Å². The van der Waals surface area contributed by atoms with Crippen LogP contribution in [0.1, 0.15) is 17.3 Å². The predicted molar refractivity (Wildman–Crippen MR) is 86.5 cm³/mol. The predicted octanol–water partition coefficient (Wildman–Crippen LogP) is 3.11. The van der Waals surface area contributed by atoms with Crippen LogP contribution >= 0.6 is 0 Å². The van der Waals surface area contributed by atoms with Crippen LogP contribution < -0.4 is 4.74 Å². The number of carbonyl (C=O) groups excluding carboxylic acids is 2. The number of carbonyl (C=O) groups is 2. The van der Waals surface area contributed by atoms with Crippen molar-refractivity contribution in [1.82, 2.24) is 4.90 Å². The summed E-state index contributed by atoms with van der Waals surface area (Å²) in [5.74, 6) is 0.368. The van der Waals surface area contributed by atoms with Crippen LogP contribution in [0.25, 0.3) is 0 Å². The van der Waals surface area contributed by atoms with Gasteiger partial charge in [-0.1, -0.05) is 24.3 Å². The first-order valence-electron chi connectivity index (χ1n) is 7.22. The molecule has 0 heterocycles. The Morgan fingerprint density at radius 2 is 1.61 bits per heavy atom. The second kappa shape index (κ2) is 7.45. The van der Waals surface area contributed by atoms with Crippen LogP contribution in [0.15, 0.2) is 54.6 Å². The highest BCUT2D eigenvalue weighted by molar-refractivity contribution is 5.92.